The number of amides is 4. The van der Waals surface area contributed by atoms with Crippen LogP contribution in [0.5, 0.6) is 0 Å². The van der Waals surface area contributed by atoms with Crippen molar-refractivity contribution in [1.29, 1.82) is 0 Å². The summed E-state index contributed by atoms with van der Waals surface area (Å²) >= 11 is 0. The van der Waals surface area contributed by atoms with Gasteiger partial charge in [0.2, 0.25) is 17.7 Å². The number of primary amides is 1. The van der Waals surface area contributed by atoms with Gasteiger partial charge < -0.3 is 30.7 Å². The number of nitrogens with zero attached hydrogens (tertiary/aromatic N) is 1. The van der Waals surface area contributed by atoms with Crippen molar-refractivity contribution in [2.45, 2.75) is 84.5 Å². The van der Waals surface area contributed by atoms with Crippen molar-refractivity contribution in [3.8, 4) is 0 Å². The monoisotopic (exact) mass is 520 g/mol. The van der Waals surface area contributed by atoms with Gasteiger partial charge in [0, 0.05) is 6.04 Å². The lowest BCUT2D eigenvalue weighted by Gasteiger charge is -2.38. The number of hydrogen-bond donors (Lipinski definition) is 3. The molecule has 0 bridgehead atoms. The Morgan fingerprint density at radius 3 is 2.11 bits per heavy atom. The maximum atomic E-state index is 13.9. The van der Waals surface area contributed by atoms with Crippen LogP contribution in [0.1, 0.15) is 71.6 Å². The van der Waals surface area contributed by atoms with Crippen molar-refractivity contribution in [3.63, 3.8) is 0 Å². The summed E-state index contributed by atoms with van der Waals surface area (Å²) in [5, 5.41) is 4.94. The fraction of sp³-hybridized carbons (Fsp3) is 0.577. The molecule has 4 N–H and O–H groups in total. The number of hydrogen-bond acceptors (Lipinski definition) is 7. The van der Waals surface area contributed by atoms with Gasteiger partial charge in [0.05, 0.1) is 13.5 Å². The van der Waals surface area contributed by atoms with E-state index in [2.05, 4.69) is 15.4 Å². The van der Waals surface area contributed by atoms with E-state index in [1.807, 2.05) is 26.0 Å². The van der Waals surface area contributed by atoms with E-state index in [9.17, 15) is 24.0 Å². The normalized spacial score (nSPS) is 13.5. The Balaban J connectivity index is 3.54. The quantitative estimate of drug-likeness (QED) is 0.356. The van der Waals surface area contributed by atoms with Crippen LogP contribution in [0.3, 0.4) is 0 Å². The highest BCUT2D eigenvalue weighted by Gasteiger charge is 2.39. The summed E-state index contributed by atoms with van der Waals surface area (Å²) in [5.74, 6) is -2.80. The maximum absolute atomic E-state index is 13.9. The average molecular weight is 521 g/mol. The second-order valence-corrected chi connectivity index (χ2v) is 9.66. The second-order valence-electron chi connectivity index (χ2n) is 9.66. The first kappa shape index (κ1) is 31.4. The van der Waals surface area contributed by atoms with Gasteiger partial charge in [0.1, 0.15) is 24.2 Å². The third kappa shape index (κ3) is 10.1. The highest BCUT2D eigenvalue weighted by Crippen LogP contribution is 2.27. The zero-order valence-electron chi connectivity index (χ0n) is 22.8. The average Bonchev–Trinajstić information content (AvgIpc) is 2.82. The number of aryl methyl sites for hydroxylation is 1. The van der Waals surface area contributed by atoms with Crippen molar-refractivity contribution < 1.29 is 33.4 Å². The molecule has 4 amide bonds. The van der Waals surface area contributed by atoms with Gasteiger partial charge >= 0.3 is 12.1 Å². The highest BCUT2D eigenvalue weighted by atomic mass is 16.6. The molecule has 0 aromatic heterocycles. The summed E-state index contributed by atoms with van der Waals surface area (Å²) < 4.78 is 9.87. The van der Waals surface area contributed by atoms with Crippen LogP contribution in [0.25, 0.3) is 0 Å². The fourth-order valence-electron chi connectivity index (χ4n) is 3.53. The Labute approximate surface area is 218 Å². The van der Waals surface area contributed by atoms with Crippen LogP contribution in [0.15, 0.2) is 24.3 Å². The minimum atomic E-state index is -1.38. The lowest BCUT2D eigenvalue weighted by molar-refractivity contribution is -0.147. The molecule has 0 spiro atoms. The molecular formula is C26H40N4O7. The molecule has 37 heavy (non-hydrogen) atoms. The maximum Gasteiger partial charge on any atom is 0.408 e. The van der Waals surface area contributed by atoms with E-state index in [0.717, 1.165) is 12.0 Å². The molecule has 11 heteroatoms. The smallest absolute Gasteiger partial charge is 0.408 e. The van der Waals surface area contributed by atoms with E-state index in [-0.39, 0.29) is 0 Å². The van der Waals surface area contributed by atoms with Gasteiger partial charge in [0.25, 0.3) is 0 Å². The van der Waals surface area contributed by atoms with Crippen LogP contribution in [-0.2, 0) is 35.1 Å². The van der Waals surface area contributed by atoms with Crippen LogP contribution in [-0.4, -0.2) is 66.0 Å². The zero-order valence-corrected chi connectivity index (χ0v) is 22.8. The fourth-order valence-corrected chi connectivity index (χ4v) is 3.53. The molecule has 1 rings (SSSR count). The molecule has 3 atom stereocenters. The predicted octanol–water partition coefficient (Wildman–Crippen LogP) is 1.98. The van der Waals surface area contributed by atoms with Crippen LogP contribution in [0.2, 0.25) is 0 Å². The number of ether oxygens (including phenoxy) is 2. The van der Waals surface area contributed by atoms with E-state index >= 15 is 0 Å². The summed E-state index contributed by atoms with van der Waals surface area (Å²) in [4.78, 5) is 64.6. The van der Waals surface area contributed by atoms with Gasteiger partial charge in [-0.05, 0) is 51.7 Å². The van der Waals surface area contributed by atoms with Crippen molar-refractivity contribution >= 4 is 29.8 Å². The minimum Gasteiger partial charge on any atom is -0.468 e. The lowest BCUT2D eigenvalue weighted by atomic mass is 9.98. The van der Waals surface area contributed by atoms with Gasteiger partial charge in [-0.1, -0.05) is 38.1 Å². The summed E-state index contributed by atoms with van der Waals surface area (Å²) in [7, 11) is 1.20. The third-order valence-electron chi connectivity index (χ3n) is 5.58. The van der Waals surface area contributed by atoms with Crippen LogP contribution in [0, 0.1) is 0 Å². The van der Waals surface area contributed by atoms with E-state index in [4.69, 9.17) is 10.5 Å². The molecule has 1 aromatic carbocycles. The molecule has 0 aliphatic carbocycles. The van der Waals surface area contributed by atoms with Crippen LogP contribution in [0.4, 0.5) is 4.79 Å². The molecule has 0 saturated heterocycles. The summed E-state index contributed by atoms with van der Waals surface area (Å²) in [6.45, 7) is 10.1. The molecule has 0 fully saturated rings. The number of carbonyl (C=O) groups excluding carboxylic acids is 5. The minimum absolute atomic E-state index is 0.401. The molecule has 0 radical (unpaired) electrons. The number of alkyl carbamates (subject to hydrolysis) is 1. The van der Waals surface area contributed by atoms with Crippen molar-refractivity contribution in [1.82, 2.24) is 15.5 Å². The van der Waals surface area contributed by atoms with E-state index < -0.39 is 66.5 Å². The number of carbonyl (C=O) groups is 5. The van der Waals surface area contributed by atoms with Gasteiger partial charge in [-0.25, -0.2) is 4.79 Å². The molecule has 0 aliphatic rings. The first-order valence-electron chi connectivity index (χ1n) is 12.3. The number of rotatable bonds is 12. The van der Waals surface area contributed by atoms with E-state index in [0.29, 0.717) is 12.0 Å². The van der Waals surface area contributed by atoms with Crippen LogP contribution >= 0.6 is 0 Å². The molecule has 206 valence electrons. The van der Waals surface area contributed by atoms with Gasteiger partial charge in [-0.3, -0.25) is 19.2 Å². The third-order valence-corrected chi connectivity index (χ3v) is 5.58. The number of nitrogens with two attached hydrogens (primary N) is 1. The van der Waals surface area contributed by atoms with Crippen molar-refractivity contribution in [2.75, 3.05) is 13.7 Å². The Kier molecular flexibility index (Phi) is 12.0. The predicted molar refractivity (Wildman–Crippen MR) is 137 cm³/mol. The number of benzene rings is 1. The van der Waals surface area contributed by atoms with Gasteiger partial charge in [-0.15, -0.1) is 0 Å². The van der Waals surface area contributed by atoms with Crippen LogP contribution < -0.4 is 16.4 Å². The molecule has 1 aromatic rings. The molecule has 0 aliphatic heterocycles. The van der Waals surface area contributed by atoms with E-state index in [1.54, 1.807) is 39.8 Å². The topological polar surface area (TPSA) is 157 Å². The van der Waals surface area contributed by atoms with E-state index in [1.165, 1.54) is 12.0 Å². The number of esters is 1. The van der Waals surface area contributed by atoms with Gasteiger partial charge in [0.15, 0.2) is 0 Å². The number of methoxy groups -OCH3 is 1. The summed E-state index contributed by atoms with van der Waals surface area (Å²) in [6.07, 6.45) is -0.185. The standard InChI is InChI=1S/C26H40N4O7/c1-8-16(3)30(24(34)19(14-20(27)31)29-25(35)37-26(4,5)6)22(23(33)28-15-21(32)36-7)18-12-10-17(9-2)11-13-18/h10-13,16,19,22H,8-9,14-15H2,1-7H3,(H2,27,31)(H,28,33)(H,29,35). The Bertz CT molecular complexity index is 957. The molecule has 0 saturated carbocycles. The molecule has 0 heterocycles. The zero-order chi connectivity index (χ0) is 28.3. The highest BCUT2D eigenvalue weighted by molar-refractivity contribution is 5.95. The lowest BCUT2D eigenvalue weighted by Crippen LogP contribution is -2.56. The van der Waals surface area contributed by atoms with Crippen molar-refractivity contribution in [2.24, 2.45) is 5.73 Å². The van der Waals surface area contributed by atoms with Crippen molar-refractivity contribution in [3.05, 3.63) is 35.4 Å². The summed E-state index contributed by atoms with van der Waals surface area (Å²) in [6, 6.07) is 4.09. The first-order chi connectivity index (χ1) is 17.2. The first-order valence-corrected chi connectivity index (χ1v) is 12.3. The Morgan fingerprint density at radius 1 is 1.05 bits per heavy atom. The Morgan fingerprint density at radius 2 is 1.65 bits per heavy atom. The summed E-state index contributed by atoms with van der Waals surface area (Å²) in [5.41, 5.74) is 6.05. The van der Waals surface area contributed by atoms with Gasteiger partial charge in [-0.2, -0.15) is 0 Å². The number of nitrogens with one attached hydrogen (secondary N) is 2. The Hall–Kier alpha value is -3.63. The SMILES string of the molecule is CCc1ccc(C(C(=O)NCC(=O)OC)N(C(=O)C(CC(N)=O)NC(=O)OC(C)(C)C)C(C)CC)cc1. The molecular weight excluding hydrogens is 480 g/mol. The second kappa shape index (κ2) is 14.2. The molecule has 11 nitrogen and oxygen atoms in total. The largest absolute Gasteiger partial charge is 0.468 e. The molecule has 3 unspecified atom stereocenters.